The molecule has 0 bridgehead atoms. The largest absolute Gasteiger partial charge is 0.496 e. The van der Waals surface area contributed by atoms with E-state index < -0.39 is 11.7 Å². The Kier molecular flexibility index (Phi) is 7.38. The molecule has 0 saturated heterocycles. The molecule has 0 saturated carbocycles. The van der Waals surface area contributed by atoms with Crippen LogP contribution in [-0.4, -0.2) is 34.6 Å². The second-order valence-electron chi connectivity index (χ2n) is 8.24. The first kappa shape index (κ1) is 24.1. The number of nitrogens with two attached hydrogens (primary N) is 1. The highest BCUT2D eigenvalue weighted by atomic mass is 16.6. The number of ether oxygens (including phenoxy) is 2. The van der Waals surface area contributed by atoms with Crippen LogP contribution in [0.3, 0.4) is 0 Å². The minimum atomic E-state index is -0.711. The number of guanidine groups is 1. The highest BCUT2D eigenvalue weighted by Gasteiger charge is 2.22. The third-order valence-corrected chi connectivity index (χ3v) is 4.41. The van der Waals surface area contributed by atoms with Gasteiger partial charge in [0.05, 0.1) is 31.1 Å². The Morgan fingerprint density at radius 3 is 2.74 bits per heavy atom. The number of aromatic nitrogens is 1. The van der Waals surface area contributed by atoms with E-state index in [1.54, 1.807) is 76.5 Å². The Morgan fingerprint density at radius 2 is 2.09 bits per heavy atom. The summed E-state index contributed by atoms with van der Waals surface area (Å²) >= 11 is 0. The molecule has 0 unspecified atom stereocenters. The highest BCUT2D eigenvalue weighted by Crippen LogP contribution is 2.33. The topological polar surface area (TPSA) is 139 Å². The molecule has 10 nitrogen and oxygen atoms in total. The van der Waals surface area contributed by atoms with Crippen LogP contribution in [0.2, 0.25) is 0 Å². The summed E-state index contributed by atoms with van der Waals surface area (Å²) in [7, 11) is 1.55. The molecule has 1 amide bonds. The number of methoxy groups -OCH3 is 1. The second kappa shape index (κ2) is 10.4. The molecule has 0 spiro atoms. The Bertz CT molecular complexity index is 1210. The van der Waals surface area contributed by atoms with Gasteiger partial charge < -0.3 is 24.9 Å². The van der Waals surface area contributed by atoms with E-state index in [0.29, 0.717) is 28.4 Å². The van der Waals surface area contributed by atoms with E-state index >= 15 is 0 Å². The molecular weight excluding hydrogens is 436 g/mol. The number of nitrogens with zero attached hydrogens (tertiary/aromatic N) is 4. The lowest BCUT2D eigenvalue weighted by atomic mass is 10.1. The lowest BCUT2D eigenvalue weighted by Gasteiger charge is -2.23. The van der Waals surface area contributed by atoms with Crippen molar-refractivity contribution in [3.8, 4) is 23.3 Å². The van der Waals surface area contributed by atoms with Crippen LogP contribution in [0.4, 0.5) is 16.2 Å². The van der Waals surface area contributed by atoms with Crippen molar-refractivity contribution in [3.63, 3.8) is 0 Å². The Labute approximate surface area is 197 Å². The molecule has 176 valence electrons. The molecular formula is C24H26N6O4. The molecule has 2 aromatic carbocycles. The van der Waals surface area contributed by atoms with Crippen LogP contribution in [0.1, 0.15) is 26.3 Å². The summed E-state index contributed by atoms with van der Waals surface area (Å²) in [5, 5.41) is 12.4. The summed E-state index contributed by atoms with van der Waals surface area (Å²) < 4.78 is 16.0. The van der Waals surface area contributed by atoms with Gasteiger partial charge >= 0.3 is 6.09 Å². The van der Waals surface area contributed by atoms with Crippen LogP contribution in [0.25, 0.3) is 11.3 Å². The van der Waals surface area contributed by atoms with Gasteiger partial charge in [0.2, 0.25) is 0 Å². The number of hydrogen-bond donors (Lipinski definition) is 2. The van der Waals surface area contributed by atoms with Gasteiger partial charge in [-0.1, -0.05) is 12.1 Å². The maximum Gasteiger partial charge on any atom is 0.423 e. The number of rotatable bonds is 6. The lowest BCUT2D eigenvalue weighted by molar-refractivity contribution is 0.0337. The third kappa shape index (κ3) is 6.49. The Morgan fingerprint density at radius 1 is 1.29 bits per heavy atom. The van der Waals surface area contributed by atoms with Crippen molar-refractivity contribution in [3.05, 3.63) is 60.6 Å². The zero-order valence-corrected chi connectivity index (χ0v) is 19.4. The zero-order chi connectivity index (χ0) is 24.7. The van der Waals surface area contributed by atoms with Gasteiger partial charge in [-0.25, -0.2) is 19.7 Å². The van der Waals surface area contributed by atoms with Gasteiger partial charge in [-0.2, -0.15) is 5.26 Å². The van der Waals surface area contributed by atoms with Crippen molar-refractivity contribution in [2.75, 3.05) is 12.4 Å². The third-order valence-electron chi connectivity index (χ3n) is 4.41. The van der Waals surface area contributed by atoms with Crippen molar-refractivity contribution in [2.45, 2.75) is 32.9 Å². The molecule has 10 heteroatoms. The van der Waals surface area contributed by atoms with Crippen LogP contribution in [-0.2, 0) is 11.3 Å². The number of amides is 1. The van der Waals surface area contributed by atoms with Crippen LogP contribution in [0, 0.1) is 11.5 Å². The van der Waals surface area contributed by atoms with E-state index in [4.69, 9.17) is 19.6 Å². The number of anilines is 1. The smallest absolute Gasteiger partial charge is 0.423 e. The van der Waals surface area contributed by atoms with Crippen molar-refractivity contribution >= 4 is 23.4 Å². The molecule has 0 aliphatic carbocycles. The average molecular weight is 463 g/mol. The minimum Gasteiger partial charge on any atom is -0.496 e. The van der Waals surface area contributed by atoms with Gasteiger partial charge in [0.25, 0.3) is 0 Å². The summed E-state index contributed by atoms with van der Waals surface area (Å²) in [6.45, 7) is 5.28. The molecule has 0 fully saturated rings. The highest BCUT2D eigenvalue weighted by molar-refractivity contribution is 5.94. The maximum atomic E-state index is 12.2. The monoisotopic (exact) mass is 462 g/mol. The zero-order valence-electron chi connectivity index (χ0n) is 19.4. The summed E-state index contributed by atoms with van der Waals surface area (Å²) in [5.41, 5.74) is 8.06. The molecule has 0 atom stereocenters. The molecule has 1 heterocycles. The maximum absolute atomic E-state index is 12.2. The van der Waals surface area contributed by atoms with E-state index in [-0.39, 0.29) is 12.5 Å². The standard InChI is InChI=1S/C24H26N6O4/c1-24(2,3)34-23(31)30(14-25)13-16-6-5-7-17(10-16)28-22(26)29-18-8-9-19(20(11-18)32-4)21-12-27-15-33-21/h5-12,15H,13H2,1-4H3,(H3,26,28,29). The van der Waals surface area contributed by atoms with E-state index in [1.807, 2.05) is 6.19 Å². The van der Waals surface area contributed by atoms with E-state index in [2.05, 4.69) is 15.3 Å². The first-order chi connectivity index (χ1) is 16.2. The fourth-order valence-electron chi connectivity index (χ4n) is 3.00. The number of carbonyl (C=O) groups is 1. The quantitative estimate of drug-likeness (QED) is 0.234. The van der Waals surface area contributed by atoms with Crippen LogP contribution in [0.5, 0.6) is 5.75 Å². The van der Waals surface area contributed by atoms with Crippen molar-refractivity contribution in [1.29, 1.82) is 5.26 Å². The second-order valence-corrected chi connectivity index (χ2v) is 8.24. The number of nitrogens with one attached hydrogen (secondary N) is 1. The fourth-order valence-corrected chi connectivity index (χ4v) is 3.00. The molecule has 3 N–H and O–H groups in total. The molecule has 3 aromatic rings. The van der Waals surface area contributed by atoms with Crippen LogP contribution < -0.4 is 15.8 Å². The van der Waals surface area contributed by atoms with Crippen LogP contribution >= 0.6 is 0 Å². The lowest BCUT2D eigenvalue weighted by Crippen LogP contribution is -2.33. The Hall–Kier alpha value is -4.52. The molecule has 3 rings (SSSR count). The summed E-state index contributed by atoms with van der Waals surface area (Å²) in [6.07, 6.45) is 4.09. The molecule has 0 aliphatic heterocycles. The predicted octanol–water partition coefficient (Wildman–Crippen LogP) is 4.63. The molecule has 0 aliphatic rings. The van der Waals surface area contributed by atoms with Gasteiger partial charge in [-0.15, -0.1) is 0 Å². The minimum absolute atomic E-state index is 0.0538. The van der Waals surface area contributed by atoms with Gasteiger partial charge in [0.1, 0.15) is 11.4 Å². The van der Waals surface area contributed by atoms with Crippen molar-refractivity contribution in [1.82, 2.24) is 9.88 Å². The van der Waals surface area contributed by atoms with E-state index in [1.165, 1.54) is 6.39 Å². The number of aliphatic imine (C=N–C) groups is 1. The Balaban J connectivity index is 1.72. The van der Waals surface area contributed by atoms with Gasteiger partial charge in [-0.3, -0.25) is 0 Å². The predicted molar refractivity (Wildman–Crippen MR) is 127 cm³/mol. The van der Waals surface area contributed by atoms with Gasteiger partial charge in [0, 0.05) is 11.8 Å². The average Bonchev–Trinajstić information content (AvgIpc) is 3.31. The fraction of sp³-hybridized carbons (Fsp3) is 0.250. The van der Waals surface area contributed by atoms with Gasteiger partial charge in [-0.05, 0) is 50.6 Å². The summed E-state index contributed by atoms with van der Waals surface area (Å²) in [6, 6.07) is 12.4. The number of benzene rings is 2. The molecule has 0 radical (unpaired) electrons. The van der Waals surface area contributed by atoms with Crippen LogP contribution in [0.15, 0.2) is 64.5 Å². The molecule has 34 heavy (non-hydrogen) atoms. The summed E-state index contributed by atoms with van der Waals surface area (Å²) in [4.78, 5) is 21.5. The first-order valence-corrected chi connectivity index (χ1v) is 10.4. The SMILES string of the molecule is COc1cc(N=C(N)Nc2cccc(CN(C#N)C(=O)OC(C)(C)C)c2)ccc1-c1cnco1. The number of nitriles is 1. The number of hydrogen-bond acceptors (Lipinski definition) is 7. The first-order valence-electron chi connectivity index (χ1n) is 10.4. The molecule has 1 aromatic heterocycles. The van der Waals surface area contributed by atoms with Gasteiger partial charge in [0.15, 0.2) is 24.3 Å². The van der Waals surface area contributed by atoms with E-state index in [9.17, 15) is 10.1 Å². The van der Waals surface area contributed by atoms with Crippen molar-refractivity contribution in [2.24, 2.45) is 10.7 Å². The van der Waals surface area contributed by atoms with Crippen molar-refractivity contribution < 1.29 is 18.7 Å². The number of oxazole rings is 1. The normalized spacial score (nSPS) is 11.4. The number of carbonyl (C=O) groups excluding carboxylic acids is 1. The van der Waals surface area contributed by atoms with E-state index in [0.717, 1.165) is 10.5 Å². The summed E-state index contributed by atoms with van der Waals surface area (Å²) in [5.74, 6) is 1.29.